The van der Waals surface area contributed by atoms with Crippen LogP contribution in [0.25, 0.3) is 0 Å². The molecule has 1 N–H and O–H groups in total. The van der Waals surface area contributed by atoms with E-state index in [9.17, 15) is 9.59 Å². The molecule has 3 atom stereocenters. The standard InChI is InChI=1S/C13H21NO2/c1-3-9-5-6-13(7-9)8-11(15)14-12(16)10(13)4-2/h9-10H,3-8H2,1-2H3,(H,14,15,16). The second-order valence-electron chi connectivity index (χ2n) is 5.43. The van der Waals surface area contributed by atoms with E-state index < -0.39 is 0 Å². The van der Waals surface area contributed by atoms with Crippen LogP contribution in [0, 0.1) is 17.3 Å². The molecule has 90 valence electrons. The third kappa shape index (κ3) is 1.76. The van der Waals surface area contributed by atoms with Crippen molar-refractivity contribution in [1.82, 2.24) is 5.32 Å². The van der Waals surface area contributed by atoms with Gasteiger partial charge in [0.15, 0.2) is 0 Å². The first kappa shape index (κ1) is 11.6. The van der Waals surface area contributed by atoms with E-state index in [4.69, 9.17) is 0 Å². The van der Waals surface area contributed by atoms with Gasteiger partial charge in [0.2, 0.25) is 11.8 Å². The Bertz CT molecular complexity index is 313. The Kier molecular flexibility index (Phi) is 3.04. The van der Waals surface area contributed by atoms with Gasteiger partial charge < -0.3 is 0 Å². The van der Waals surface area contributed by atoms with Gasteiger partial charge in [0, 0.05) is 12.3 Å². The second kappa shape index (κ2) is 4.19. The van der Waals surface area contributed by atoms with Gasteiger partial charge in [-0.1, -0.05) is 20.3 Å². The summed E-state index contributed by atoms with van der Waals surface area (Å²) >= 11 is 0. The first-order chi connectivity index (χ1) is 7.61. The Labute approximate surface area is 97.0 Å². The molecule has 2 fully saturated rings. The molecule has 3 nitrogen and oxygen atoms in total. The average molecular weight is 223 g/mol. The number of nitrogens with one attached hydrogen (secondary N) is 1. The Morgan fingerprint density at radius 3 is 2.62 bits per heavy atom. The molecule has 1 aliphatic heterocycles. The molecule has 16 heavy (non-hydrogen) atoms. The maximum atomic E-state index is 11.9. The molecule has 2 amide bonds. The Hall–Kier alpha value is -0.860. The first-order valence-electron chi connectivity index (χ1n) is 6.45. The van der Waals surface area contributed by atoms with Crippen LogP contribution < -0.4 is 5.32 Å². The van der Waals surface area contributed by atoms with E-state index in [-0.39, 0.29) is 23.1 Å². The molecule has 0 bridgehead atoms. The molecule has 3 unspecified atom stereocenters. The van der Waals surface area contributed by atoms with Crippen LogP contribution in [0.15, 0.2) is 0 Å². The number of piperidine rings is 1. The molecule has 2 rings (SSSR count). The zero-order valence-electron chi connectivity index (χ0n) is 10.2. The smallest absolute Gasteiger partial charge is 0.230 e. The van der Waals surface area contributed by atoms with Gasteiger partial charge in [-0.15, -0.1) is 0 Å². The van der Waals surface area contributed by atoms with E-state index in [0.717, 1.165) is 19.3 Å². The number of carbonyl (C=O) groups is 2. The molecule has 1 spiro atoms. The van der Waals surface area contributed by atoms with Gasteiger partial charge in [-0.05, 0) is 37.0 Å². The fraction of sp³-hybridized carbons (Fsp3) is 0.846. The van der Waals surface area contributed by atoms with Gasteiger partial charge in [0.25, 0.3) is 0 Å². The molecule has 0 aromatic heterocycles. The van der Waals surface area contributed by atoms with Crippen LogP contribution in [0.4, 0.5) is 0 Å². The van der Waals surface area contributed by atoms with Crippen molar-refractivity contribution in [2.45, 2.75) is 52.4 Å². The fourth-order valence-electron chi connectivity index (χ4n) is 3.70. The summed E-state index contributed by atoms with van der Waals surface area (Å²) in [6.07, 6.45) is 5.91. The SMILES string of the molecule is CCC1CCC2(CC(=O)NC(=O)C2CC)C1. The third-order valence-corrected chi connectivity index (χ3v) is 4.56. The molecule has 1 saturated carbocycles. The lowest BCUT2D eigenvalue weighted by molar-refractivity contribution is -0.143. The van der Waals surface area contributed by atoms with Gasteiger partial charge >= 0.3 is 0 Å². The van der Waals surface area contributed by atoms with E-state index in [1.54, 1.807) is 0 Å². The Morgan fingerprint density at radius 2 is 2.06 bits per heavy atom. The van der Waals surface area contributed by atoms with Crippen LogP contribution in [0.1, 0.15) is 52.4 Å². The summed E-state index contributed by atoms with van der Waals surface area (Å²) in [4.78, 5) is 23.4. The summed E-state index contributed by atoms with van der Waals surface area (Å²) in [7, 11) is 0. The van der Waals surface area contributed by atoms with Crippen molar-refractivity contribution in [3.8, 4) is 0 Å². The van der Waals surface area contributed by atoms with Gasteiger partial charge in [0.05, 0.1) is 0 Å². The highest BCUT2D eigenvalue weighted by Crippen LogP contribution is 2.52. The van der Waals surface area contributed by atoms with Crippen LogP contribution in [0.5, 0.6) is 0 Å². The lowest BCUT2D eigenvalue weighted by atomic mass is 9.67. The van der Waals surface area contributed by atoms with Crippen molar-refractivity contribution < 1.29 is 9.59 Å². The number of carbonyl (C=O) groups excluding carboxylic acids is 2. The van der Waals surface area contributed by atoms with Gasteiger partial charge in [0.1, 0.15) is 0 Å². The van der Waals surface area contributed by atoms with Crippen molar-refractivity contribution in [2.75, 3.05) is 0 Å². The monoisotopic (exact) mass is 223 g/mol. The quantitative estimate of drug-likeness (QED) is 0.730. The molecular formula is C13H21NO2. The van der Waals surface area contributed by atoms with Crippen LogP contribution in [-0.2, 0) is 9.59 Å². The molecule has 1 heterocycles. The molecule has 0 radical (unpaired) electrons. The lowest BCUT2D eigenvalue weighted by Crippen LogP contribution is -2.51. The maximum Gasteiger partial charge on any atom is 0.230 e. The maximum absolute atomic E-state index is 11.9. The Balaban J connectivity index is 2.22. The highest BCUT2D eigenvalue weighted by Gasteiger charge is 2.50. The van der Waals surface area contributed by atoms with Crippen molar-refractivity contribution in [1.29, 1.82) is 0 Å². The van der Waals surface area contributed by atoms with Crippen molar-refractivity contribution >= 4 is 11.8 Å². The van der Waals surface area contributed by atoms with Crippen LogP contribution in [0.2, 0.25) is 0 Å². The zero-order valence-corrected chi connectivity index (χ0v) is 10.2. The molecule has 2 aliphatic rings. The van der Waals surface area contributed by atoms with Gasteiger partial charge in [-0.3, -0.25) is 14.9 Å². The van der Waals surface area contributed by atoms with Gasteiger partial charge in [-0.2, -0.15) is 0 Å². The van der Waals surface area contributed by atoms with E-state index >= 15 is 0 Å². The normalized spacial score (nSPS) is 39.1. The van der Waals surface area contributed by atoms with E-state index in [0.29, 0.717) is 12.3 Å². The average Bonchev–Trinajstić information content (AvgIpc) is 2.61. The lowest BCUT2D eigenvalue weighted by Gasteiger charge is -2.39. The van der Waals surface area contributed by atoms with Crippen LogP contribution in [0.3, 0.4) is 0 Å². The topological polar surface area (TPSA) is 46.2 Å². The number of amides is 2. The summed E-state index contributed by atoms with van der Waals surface area (Å²) in [5.41, 5.74) is -0.00512. The zero-order chi connectivity index (χ0) is 11.8. The van der Waals surface area contributed by atoms with Gasteiger partial charge in [-0.25, -0.2) is 0 Å². The van der Waals surface area contributed by atoms with E-state index in [1.165, 1.54) is 12.8 Å². The van der Waals surface area contributed by atoms with E-state index in [1.807, 2.05) is 0 Å². The first-order valence-corrected chi connectivity index (χ1v) is 6.45. The predicted octanol–water partition coefficient (Wildman–Crippen LogP) is 2.26. The molecule has 1 saturated heterocycles. The molecular weight excluding hydrogens is 202 g/mol. The minimum absolute atomic E-state index is 0.00512. The highest BCUT2D eigenvalue weighted by molar-refractivity contribution is 5.99. The predicted molar refractivity (Wildman–Crippen MR) is 61.6 cm³/mol. The number of hydrogen-bond acceptors (Lipinski definition) is 2. The van der Waals surface area contributed by atoms with Crippen molar-refractivity contribution in [3.05, 3.63) is 0 Å². The van der Waals surface area contributed by atoms with Crippen molar-refractivity contribution in [3.63, 3.8) is 0 Å². The molecule has 0 aromatic rings. The highest BCUT2D eigenvalue weighted by atomic mass is 16.2. The summed E-state index contributed by atoms with van der Waals surface area (Å²) in [6.45, 7) is 4.26. The fourth-order valence-corrected chi connectivity index (χ4v) is 3.70. The number of rotatable bonds is 2. The summed E-state index contributed by atoms with van der Waals surface area (Å²) in [6, 6.07) is 0. The largest absolute Gasteiger partial charge is 0.296 e. The minimum Gasteiger partial charge on any atom is -0.296 e. The minimum atomic E-state index is -0.0635. The van der Waals surface area contributed by atoms with Crippen molar-refractivity contribution in [2.24, 2.45) is 17.3 Å². The van der Waals surface area contributed by atoms with E-state index in [2.05, 4.69) is 19.2 Å². The number of imide groups is 1. The summed E-state index contributed by atoms with van der Waals surface area (Å²) < 4.78 is 0. The second-order valence-corrected chi connectivity index (χ2v) is 5.43. The Morgan fingerprint density at radius 1 is 1.31 bits per heavy atom. The molecule has 1 aliphatic carbocycles. The van der Waals surface area contributed by atoms with Crippen LogP contribution in [-0.4, -0.2) is 11.8 Å². The molecule has 0 aromatic carbocycles. The third-order valence-electron chi connectivity index (χ3n) is 4.56. The number of hydrogen-bond donors (Lipinski definition) is 1. The summed E-state index contributed by atoms with van der Waals surface area (Å²) in [5.74, 6) is 0.677. The summed E-state index contributed by atoms with van der Waals surface area (Å²) in [5, 5.41) is 2.49. The van der Waals surface area contributed by atoms with Crippen LogP contribution >= 0.6 is 0 Å². The molecule has 3 heteroatoms.